The zero-order valence-electron chi connectivity index (χ0n) is 12.1. The Morgan fingerprint density at radius 2 is 1.86 bits per heavy atom. The maximum atomic E-state index is 12.5. The number of hydrogen-bond acceptors (Lipinski definition) is 4. The Bertz CT molecular complexity index is 810. The van der Waals surface area contributed by atoms with Crippen molar-refractivity contribution in [3.63, 3.8) is 0 Å². The van der Waals surface area contributed by atoms with Crippen molar-refractivity contribution in [3.8, 4) is 0 Å². The second kappa shape index (κ2) is 4.97. The first-order valence-electron chi connectivity index (χ1n) is 6.60. The SMILES string of the molecule is Cc1cc(C)n2nc(C(=O)N(C)c3ccccc3)nc2n1. The van der Waals surface area contributed by atoms with E-state index in [0.717, 1.165) is 17.1 Å². The van der Waals surface area contributed by atoms with Gasteiger partial charge in [-0.3, -0.25) is 4.79 Å². The molecule has 3 aromatic rings. The number of carbonyl (C=O) groups is 1. The number of anilines is 1. The van der Waals surface area contributed by atoms with Crippen molar-refractivity contribution in [3.05, 3.63) is 53.6 Å². The molecule has 0 aliphatic carbocycles. The van der Waals surface area contributed by atoms with Gasteiger partial charge >= 0.3 is 0 Å². The number of hydrogen-bond donors (Lipinski definition) is 0. The molecule has 6 nitrogen and oxygen atoms in total. The molecule has 21 heavy (non-hydrogen) atoms. The maximum Gasteiger partial charge on any atom is 0.297 e. The van der Waals surface area contributed by atoms with Crippen LogP contribution in [0, 0.1) is 13.8 Å². The summed E-state index contributed by atoms with van der Waals surface area (Å²) in [5.74, 6) is 0.323. The molecule has 0 N–H and O–H groups in total. The highest BCUT2D eigenvalue weighted by atomic mass is 16.2. The van der Waals surface area contributed by atoms with Gasteiger partial charge in [-0.2, -0.15) is 4.98 Å². The summed E-state index contributed by atoms with van der Waals surface area (Å²) in [5.41, 5.74) is 2.54. The monoisotopic (exact) mass is 281 g/mol. The minimum absolute atomic E-state index is 0.141. The summed E-state index contributed by atoms with van der Waals surface area (Å²) in [6.07, 6.45) is 0. The fraction of sp³-hybridized carbons (Fsp3) is 0.200. The van der Waals surface area contributed by atoms with Crippen LogP contribution in [-0.4, -0.2) is 32.5 Å². The molecule has 0 fully saturated rings. The van der Waals surface area contributed by atoms with Crippen molar-refractivity contribution in [1.29, 1.82) is 0 Å². The molecule has 0 bridgehead atoms. The Hall–Kier alpha value is -2.76. The van der Waals surface area contributed by atoms with E-state index in [0.29, 0.717) is 5.78 Å². The molecule has 3 rings (SSSR count). The summed E-state index contributed by atoms with van der Waals surface area (Å²) in [5, 5.41) is 4.25. The van der Waals surface area contributed by atoms with E-state index in [9.17, 15) is 4.79 Å². The number of aryl methyl sites for hydroxylation is 2. The summed E-state index contributed by atoms with van der Waals surface area (Å²) in [7, 11) is 1.70. The molecule has 0 atom stereocenters. The van der Waals surface area contributed by atoms with Crippen molar-refractivity contribution < 1.29 is 4.79 Å². The van der Waals surface area contributed by atoms with Crippen LogP contribution in [0.2, 0.25) is 0 Å². The Labute approximate surface area is 122 Å². The predicted molar refractivity (Wildman–Crippen MR) is 79.4 cm³/mol. The lowest BCUT2D eigenvalue weighted by atomic mass is 10.3. The number of nitrogens with zero attached hydrogens (tertiary/aromatic N) is 5. The molecule has 0 saturated heterocycles. The van der Waals surface area contributed by atoms with E-state index in [-0.39, 0.29) is 11.7 Å². The fourth-order valence-corrected chi connectivity index (χ4v) is 2.18. The van der Waals surface area contributed by atoms with Gasteiger partial charge in [-0.15, -0.1) is 5.10 Å². The highest BCUT2D eigenvalue weighted by Crippen LogP contribution is 2.14. The quantitative estimate of drug-likeness (QED) is 0.721. The van der Waals surface area contributed by atoms with E-state index in [2.05, 4.69) is 15.1 Å². The average Bonchev–Trinajstić information content (AvgIpc) is 2.91. The number of amides is 1. The lowest BCUT2D eigenvalue weighted by molar-refractivity contribution is 0.0983. The van der Waals surface area contributed by atoms with Crippen LogP contribution in [0.5, 0.6) is 0 Å². The predicted octanol–water partition coefficient (Wildman–Crippen LogP) is 2.02. The second-order valence-corrected chi connectivity index (χ2v) is 4.89. The number of carbonyl (C=O) groups excluding carboxylic acids is 1. The minimum atomic E-state index is -0.260. The van der Waals surface area contributed by atoms with Gasteiger partial charge in [0.2, 0.25) is 5.82 Å². The number of benzene rings is 1. The second-order valence-electron chi connectivity index (χ2n) is 4.89. The molecule has 0 aliphatic heterocycles. The van der Waals surface area contributed by atoms with Crippen LogP contribution in [0.4, 0.5) is 5.69 Å². The smallest absolute Gasteiger partial charge is 0.297 e. The summed E-state index contributed by atoms with van der Waals surface area (Å²) in [4.78, 5) is 22.5. The average molecular weight is 281 g/mol. The van der Waals surface area contributed by atoms with Gasteiger partial charge in [0, 0.05) is 24.1 Å². The summed E-state index contributed by atoms with van der Waals surface area (Å²) < 4.78 is 1.58. The first kappa shape index (κ1) is 13.2. The van der Waals surface area contributed by atoms with Crippen molar-refractivity contribution in [2.75, 3.05) is 11.9 Å². The first-order chi connectivity index (χ1) is 10.1. The van der Waals surface area contributed by atoms with Crippen LogP contribution in [0.15, 0.2) is 36.4 Å². The van der Waals surface area contributed by atoms with E-state index in [1.165, 1.54) is 4.90 Å². The Kier molecular flexibility index (Phi) is 3.13. The molecule has 2 heterocycles. The van der Waals surface area contributed by atoms with Gasteiger partial charge < -0.3 is 4.90 Å². The molecule has 0 radical (unpaired) electrons. The molecule has 1 amide bonds. The number of para-hydroxylation sites is 1. The molecule has 1 aromatic carbocycles. The first-order valence-corrected chi connectivity index (χ1v) is 6.60. The van der Waals surface area contributed by atoms with Crippen molar-refractivity contribution >= 4 is 17.4 Å². The molecule has 2 aromatic heterocycles. The number of aromatic nitrogens is 4. The lowest BCUT2D eigenvalue weighted by Crippen LogP contribution is -2.27. The van der Waals surface area contributed by atoms with Crippen LogP contribution in [0.3, 0.4) is 0 Å². The standard InChI is InChI=1S/C15H15N5O/c1-10-9-11(2)20-15(16-10)17-13(18-20)14(21)19(3)12-7-5-4-6-8-12/h4-9H,1-3H3. The Balaban J connectivity index is 2.00. The van der Waals surface area contributed by atoms with Gasteiger partial charge in [-0.25, -0.2) is 9.50 Å². The topological polar surface area (TPSA) is 63.4 Å². The number of fused-ring (bicyclic) bond motifs is 1. The van der Waals surface area contributed by atoms with Crippen LogP contribution in [0.25, 0.3) is 5.78 Å². The Morgan fingerprint density at radius 1 is 1.14 bits per heavy atom. The van der Waals surface area contributed by atoms with Crippen LogP contribution in [-0.2, 0) is 0 Å². The molecule has 6 heteroatoms. The van der Waals surface area contributed by atoms with Gasteiger partial charge in [0.05, 0.1) is 0 Å². The van der Waals surface area contributed by atoms with Crippen LogP contribution < -0.4 is 4.90 Å². The van der Waals surface area contributed by atoms with E-state index in [1.54, 1.807) is 11.6 Å². The summed E-state index contributed by atoms with van der Waals surface area (Å²) >= 11 is 0. The van der Waals surface area contributed by atoms with E-state index < -0.39 is 0 Å². The molecule has 106 valence electrons. The summed E-state index contributed by atoms with van der Waals surface area (Å²) in [6.45, 7) is 3.80. The van der Waals surface area contributed by atoms with E-state index in [4.69, 9.17) is 0 Å². The van der Waals surface area contributed by atoms with Gasteiger partial charge in [-0.05, 0) is 32.0 Å². The third-order valence-electron chi connectivity index (χ3n) is 3.26. The summed E-state index contributed by atoms with van der Waals surface area (Å²) in [6, 6.07) is 11.3. The van der Waals surface area contributed by atoms with Crippen LogP contribution >= 0.6 is 0 Å². The minimum Gasteiger partial charge on any atom is -0.309 e. The largest absolute Gasteiger partial charge is 0.309 e. The van der Waals surface area contributed by atoms with Gasteiger partial charge in [0.25, 0.3) is 11.7 Å². The lowest BCUT2D eigenvalue weighted by Gasteiger charge is -2.14. The normalized spacial score (nSPS) is 10.8. The maximum absolute atomic E-state index is 12.5. The fourth-order valence-electron chi connectivity index (χ4n) is 2.18. The molecular weight excluding hydrogens is 266 g/mol. The third-order valence-corrected chi connectivity index (χ3v) is 3.26. The third kappa shape index (κ3) is 2.35. The zero-order valence-corrected chi connectivity index (χ0v) is 12.1. The van der Waals surface area contributed by atoms with Gasteiger partial charge in [-0.1, -0.05) is 18.2 Å². The van der Waals surface area contributed by atoms with Crippen LogP contribution in [0.1, 0.15) is 22.0 Å². The molecule has 0 spiro atoms. The molecule has 0 saturated carbocycles. The zero-order chi connectivity index (χ0) is 15.0. The highest BCUT2D eigenvalue weighted by molar-refractivity contribution is 6.03. The number of rotatable bonds is 2. The van der Waals surface area contributed by atoms with E-state index >= 15 is 0 Å². The van der Waals surface area contributed by atoms with Crippen molar-refractivity contribution in [2.24, 2.45) is 0 Å². The Morgan fingerprint density at radius 3 is 2.57 bits per heavy atom. The van der Waals surface area contributed by atoms with E-state index in [1.807, 2.05) is 50.2 Å². The molecule has 0 unspecified atom stereocenters. The highest BCUT2D eigenvalue weighted by Gasteiger charge is 2.19. The van der Waals surface area contributed by atoms with Crippen molar-refractivity contribution in [2.45, 2.75) is 13.8 Å². The van der Waals surface area contributed by atoms with Gasteiger partial charge in [0.1, 0.15) is 0 Å². The van der Waals surface area contributed by atoms with Gasteiger partial charge in [0.15, 0.2) is 0 Å². The molecule has 0 aliphatic rings. The molecular formula is C15H15N5O. The van der Waals surface area contributed by atoms with Crippen molar-refractivity contribution in [1.82, 2.24) is 19.6 Å².